The highest BCUT2D eigenvalue weighted by atomic mass is 79.9. The molecule has 1 saturated carbocycles. The maximum Gasteiger partial charge on any atom is 0.143 e. The van der Waals surface area contributed by atoms with Gasteiger partial charge < -0.3 is 15.1 Å². The number of halogens is 1. The first-order valence-electron chi connectivity index (χ1n) is 5.94. The van der Waals surface area contributed by atoms with Crippen LogP contribution >= 0.6 is 15.9 Å². The fourth-order valence-corrected chi connectivity index (χ4v) is 2.58. The lowest BCUT2D eigenvalue weighted by atomic mass is 10.3. The van der Waals surface area contributed by atoms with Crippen LogP contribution in [0.25, 0.3) is 0 Å². The quantitative estimate of drug-likeness (QED) is 0.942. The van der Waals surface area contributed by atoms with Gasteiger partial charge in [0.25, 0.3) is 0 Å². The molecule has 1 aliphatic carbocycles. The zero-order chi connectivity index (χ0) is 12.5. The molecular formula is C13H14BrN3O. The molecule has 0 radical (unpaired) electrons. The van der Waals surface area contributed by atoms with Crippen molar-refractivity contribution in [2.24, 2.45) is 0 Å². The summed E-state index contributed by atoms with van der Waals surface area (Å²) >= 11 is 3.53. The van der Waals surface area contributed by atoms with E-state index in [-0.39, 0.29) is 0 Å². The number of hydrogen-bond donors (Lipinski definition) is 1. The minimum absolute atomic E-state index is 0.558. The van der Waals surface area contributed by atoms with E-state index in [1.807, 2.05) is 18.2 Å². The molecule has 2 heterocycles. The molecule has 3 rings (SSSR count). The standard InChI is InChI=1S/C13H14BrN3O/c14-12-6-9(15)7-16-13(12)17(10-3-4-10)8-11-2-1-5-18-11/h1-2,5-7,10H,3-4,8,15H2. The average molecular weight is 308 g/mol. The van der Waals surface area contributed by atoms with Gasteiger partial charge in [-0.25, -0.2) is 4.98 Å². The van der Waals surface area contributed by atoms with Crippen molar-refractivity contribution in [3.63, 3.8) is 0 Å². The average Bonchev–Trinajstić information content (AvgIpc) is 3.05. The third-order valence-electron chi connectivity index (χ3n) is 3.01. The van der Waals surface area contributed by atoms with Crippen LogP contribution < -0.4 is 10.6 Å². The van der Waals surface area contributed by atoms with Gasteiger partial charge in [-0.3, -0.25) is 0 Å². The molecule has 2 N–H and O–H groups in total. The van der Waals surface area contributed by atoms with Crippen molar-refractivity contribution in [2.75, 3.05) is 10.6 Å². The number of aromatic nitrogens is 1. The third-order valence-corrected chi connectivity index (χ3v) is 3.59. The van der Waals surface area contributed by atoms with Crippen molar-refractivity contribution in [1.29, 1.82) is 0 Å². The molecule has 2 aromatic heterocycles. The molecule has 18 heavy (non-hydrogen) atoms. The van der Waals surface area contributed by atoms with Gasteiger partial charge in [0.1, 0.15) is 11.6 Å². The summed E-state index contributed by atoms with van der Waals surface area (Å²) < 4.78 is 6.35. The van der Waals surface area contributed by atoms with Crippen LogP contribution in [0.1, 0.15) is 18.6 Å². The van der Waals surface area contributed by atoms with E-state index in [1.54, 1.807) is 12.5 Å². The van der Waals surface area contributed by atoms with Gasteiger partial charge in [0.05, 0.1) is 29.2 Å². The Balaban J connectivity index is 1.89. The van der Waals surface area contributed by atoms with E-state index >= 15 is 0 Å². The second-order valence-electron chi connectivity index (χ2n) is 4.51. The lowest BCUT2D eigenvalue weighted by molar-refractivity contribution is 0.500. The van der Waals surface area contributed by atoms with Gasteiger partial charge in [-0.1, -0.05) is 0 Å². The minimum atomic E-state index is 0.558. The van der Waals surface area contributed by atoms with E-state index in [0.29, 0.717) is 11.7 Å². The van der Waals surface area contributed by atoms with E-state index < -0.39 is 0 Å². The highest BCUT2D eigenvalue weighted by molar-refractivity contribution is 9.10. The molecule has 5 heteroatoms. The molecule has 0 aromatic carbocycles. The zero-order valence-corrected chi connectivity index (χ0v) is 11.4. The topological polar surface area (TPSA) is 55.3 Å². The van der Waals surface area contributed by atoms with E-state index in [0.717, 1.165) is 22.6 Å². The van der Waals surface area contributed by atoms with Gasteiger partial charge >= 0.3 is 0 Å². The lowest BCUT2D eigenvalue weighted by Crippen LogP contribution is -2.26. The normalized spacial score (nSPS) is 14.7. The van der Waals surface area contributed by atoms with Crippen molar-refractivity contribution < 1.29 is 4.42 Å². The molecule has 1 aliphatic rings. The Bertz CT molecular complexity index is 537. The van der Waals surface area contributed by atoms with Crippen LogP contribution in [0.4, 0.5) is 11.5 Å². The molecule has 4 nitrogen and oxygen atoms in total. The SMILES string of the molecule is Nc1cnc(N(Cc2ccco2)C2CC2)c(Br)c1. The molecule has 0 atom stereocenters. The van der Waals surface area contributed by atoms with E-state index in [2.05, 4.69) is 25.8 Å². The largest absolute Gasteiger partial charge is 0.467 e. The van der Waals surface area contributed by atoms with Crippen molar-refractivity contribution in [3.05, 3.63) is 40.9 Å². The van der Waals surface area contributed by atoms with Crippen molar-refractivity contribution in [3.8, 4) is 0 Å². The molecule has 0 amide bonds. The maximum atomic E-state index is 5.73. The second kappa shape index (κ2) is 4.65. The Kier molecular flexibility index (Phi) is 2.99. The van der Waals surface area contributed by atoms with Crippen LogP contribution in [0, 0.1) is 0 Å². The highest BCUT2D eigenvalue weighted by Crippen LogP contribution is 2.36. The summed E-state index contributed by atoms with van der Waals surface area (Å²) in [6.45, 7) is 0.743. The number of nitrogen functional groups attached to an aromatic ring is 1. The first-order chi connectivity index (χ1) is 8.74. The van der Waals surface area contributed by atoms with Gasteiger partial charge in [-0.15, -0.1) is 0 Å². The van der Waals surface area contributed by atoms with E-state index in [9.17, 15) is 0 Å². The van der Waals surface area contributed by atoms with Crippen LogP contribution in [-0.2, 0) is 6.54 Å². The predicted molar refractivity (Wildman–Crippen MR) is 74.3 cm³/mol. The maximum absolute atomic E-state index is 5.73. The molecule has 0 bridgehead atoms. The van der Waals surface area contributed by atoms with Gasteiger partial charge in [0, 0.05) is 6.04 Å². The number of rotatable bonds is 4. The number of hydrogen-bond acceptors (Lipinski definition) is 4. The molecule has 94 valence electrons. The summed E-state index contributed by atoms with van der Waals surface area (Å²) in [7, 11) is 0. The molecule has 0 spiro atoms. The van der Waals surface area contributed by atoms with Crippen LogP contribution in [0.2, 0.25) is 0 Å². The lowest BCUT2D eigenvalue weighted by Gasteiger charge is -2.23. The Morgan fingerprint density at radius 2 is 2.33 bits per heavy atom. The Hall–Kier alpha value is -1.49. The van der Waals surface area contributed by atoms with Crippen molar-refractivity contribution >= 4 is 27.4 Å². The van der Waals surface area contributed by atoms with E-state index in [4.69, 9.17) is 10.2 Å². The molecule has 0 unspecified atom stereocenters. The summed E-state index contributed by atoms with van der Waals surface area (Å²) in [4.78, 5) is 6.70. The zero-order valence-electron chi connectivity index (χ0n) is 9.84. The summed E-state index contributed by atoms with van der Waals surface area (Å²) in [5.74, 6) is 1.88. The van der Waals surface area contributed by atoms with Crippen LogP contribution in [0.5, 0.6) is 0 Å². The number of nitrogens with two attached hydrogens (primary N) is 1. The van der Waals surface area contributed by atoms with Crippen molar-refractivity contribution in [1.82, 2.24) is 4.98 Å². The van der Waals surface area contributed by atoms with E-state index in [1.165, 1.54) is 12.8 Å². The monoisotopic (exact) mass is 307 g/mol. The third kappa shape index (κ3) is 2.36. The Morgan fingerprint density at radius 3 is 2.94 bits per heavy atom. The van der Waals surface area contributed by atoms with Crippen molar-refractivity contribution in [2.45, 2.75) is 25.4 Å². The highest BCUT2D eigenvalue weighted by Gasteiger charge is 2.31. The van der Waals surface area contributed by atoms with Gasteiger partial charge in [0.15, 0.2) is 0 Å². The second-order valence-corrected chi connectivity index (χ2v) is 5.37. The summed E-state index contributed by atoms with van der Waals surface area (Å²) in [6.07, 6.45) is 5.81. The summed E-state index contributed by atoms with van der Waals surface area (Å²) in [6, 6.07) is 6.34. The molecule has 1 fully saturated rings. The number of anilines is 2. The number of nitrogens with zero attached hydrogens (tertiary/aromatic N) is 2. The Morgan fingerprint density at radius 1 is 1.50 bits per heavy atom. The number of furan rings is 1. The van der Waals surface area contributed by atoms with Crippen LogP contribution in [0.3, 0.4) is 0 Å². The smallest absolute Gasteiger partial charge is 0.143 e. The molecule has 2 aromatic rings. The fourth-order valence-electron chi connectivity index (χ4n) is 1.99. The predicted octanol–water partition coefficient (Wildman–Crippen LogP) is 3.19. The summed E-state index contributed by atoms with van der Waals surface area (Å²) in [5, 5.41) is 0. The fraction of sp³-hybridized carbons (Fsp3) is 0.308. The molecular weight excluding hydrogens is 294 g/mol. The van der Waals surface area contributed by atoms with Crippen LogP contribution in [0.15, 0.2) is 39.5 Å². The molecule has 0 aliphatic heterocycles. The Labute approximate surface area is 114 Å². The molecule has 0 saturated heterocycles. The van der Waals surface area contributed by atoms with Gasteiger partial charge in [-0.05, 0) is 47.0 Å². The first-order valence-corrected chi connectivity index (χ1v) is 6.73. The minimum Gasteiger partial charge on any atom is -0.467 e. The summed E-state index contributed by atoms with van der Waals surface area (Å²) in [5.41, 5.74) is 6.39. The van der Waals surface area contributed by atoms with Gasteiger partial charge in [0.2, 0.25) is 0 Å². The van der Waals surface area contributed by atoms with Gasteiger partial charge in [-0.2, -0.15) is 0 Å². The number of pyridine rings is 1. The first kappa shape index (κ1) is 11.6. The van der Waals surface area contributed by atoms with Crippen LogP contribution in [-0.4, -0.2) is 11.0 Å².